The summed E-state index contributed by atoms with van der Waals surface area (Å²) in [6, 6.07) is 2.90. The number of aryl methyl sites for hydroxylation is 2. The summed E-state index contributed by atoms with van der Waals surface area (Å²) in [6.07, 6.45) is 1.17. The lowest BCUT2D eigenvalue weighted by Crippen LogP contribution is -2.12. The average Bonchev–Trinajstić information content (AvgIpc) is 2.36. The highest BCUT2D eigenvalue weighted by atomic mass is 16.5. The van der Waals surface area contributed by atoms with E-state index in [0.717, 1.165) is 0 Å². The first-order valence-corrected chi connectivity index (χ1v) is 5.41. The maximum absolute atomic E-state index is 11.5. The summed E-state index contributed by atoms with van der Waals surface area (Å²) in [5.74, 6) is -0.827. The van der Waals surface area contributed by atoms with E-state index in [0.29, 0.717) is 11.3 Å². The minimum atomic E-state index is -1.07. The lowest BCUT2D eigenvalue weighted by atomic mass is 10.2. The first kappa shape index (κ1) is 12.7. The molecule has 0 spiro atoms. The van der Waals surface area contributed by atoms with Crippen LogP contribution in [0.3, 0.4) is 0 Å². The van der Waals surface area contributed by atoms with E-state index in [4.69, 9.17) is 9.84 Å². The number of aromatic nitrogens is 3. The predicted molar refractivity (Wildman–Crippen MR) is 65.6 cm³/mol. The maximum Gasteiger partial charge on any atom is 0.337 e. The van der Waals surface area contributed by atoms with Crippen molar-refractivity contribution in [2.75, 3.05) is 0 Å². The highest BCUT2D eigenvalue weighted by Gasteiger charge is 2.10. The van der Waals surface area contributed by atoms with Crippen molar-refractivity contribution >= 4 is 5.97 Å². The van der Waals surface area contributed by atoms with Gasteiger partial charge in [-0.2, -0.15) is 5.10 Å². The standard InChI is InChI=1S/C12H11N3O4/c1-6-3-8(12(17)18)5-13-11(6)19-9-4-7(2)14-15-10(9)16/h3-5H,1-2H3,(H,15,16)(H,17,18). The third-order valence-corrected chi connectivity index (χ3v) is 2.38. The molecule has 0 radical (unpaired) electrons. The van der Waals surface area contributed by atoms with Crippen LogP contribution < -0.4 is 10.3 Å². The van der Waals surface area contributed by atoms with Crippen LogP contribution in [0, 0.1) is 13.8 Å². The Hall–Kier alpha value is -2.70. The number of aromatic carboxylic acids is 1. The molecule has 0 bridgehead atoms. The van der Waals surface area contributed by atoms with Crippen LogP contribution in [0.1, 0.15) is 21.6 Å². The van der Waals surface area contributed by atoms with Crippen molar-refractivity contribution in [3.8, 4) is 11.6 Å². The summed E-state index contributed by atoms with van der Waals surface area (Å²) in [6.45, 7) is 3.35. The molecule has 2 N–H and O–H groups in total. The van der Waals surface area contributed by atoms with Crippen LogP contribution in [-0.2, 0) is 0 Å². The van der Waals surface area contributed by atoms with Gasteiger partial charge in [0, 0.05) is 17.8 Å². The first-order chi connectivity index (χ1) is 8.97. The molecule has 2 aromatic rings. The van der Waals surface area contributed by atoms with Crippen LogP contribution in [0.25, 0.3) is 0 Å². The number of carboxylic acids is 1. The molecule has 0 atom stereocenters. The summed E-state index contributed by atoms with van der Waals surface area (Å²) >= 11 is 0. The van der Waals surface area contributed by atoms with Gasteiger partial charge in [0.1, 0.15) is 0 Å². The first-order valence-electron chi connectivity index (χ1n) is 5.41. The number of hydrogen-bond acceptors (Lipinski definition) is 5. The number of ether oxygens (including phenoxy) is 1. The normalized spacial score (nSPS) is 10.2. The molecule has 2 aromatic heterocycles. The maximum atomic E-state index is 11.5. The summed E-state index contributed by atoms with van der Waals surface area (Å²) in [5, 5.41) is 14.8. The molecule has 0 aliphatic heterocycles. The second-order valence-corrected chi connectivity index (χ2v) is 3.96. The molecule has 0 aliphatic carbocycles. The zero-order valence-electron chi connectivity index (χ0n) is 10.3. The summed E-state index contributed by atoms with van der Waals surface area (Å²) in [7, 11) is 0. The molecule has 0 amide bonds. The summed E-state index contributed by atoms with van der Waals surface area (Å²) < 4.78 is 5.37. The van der Waals surface area contributed by atoms with E-state index in [2.05, 4.69) is 15.2 Å². The number of aromatic amines is 1. The van der Waals surface area contributed by atoms with E-state index >= 15 is 0 Å². The Morgan fingerprint density at radius 3 is 2.74 bits per heavy atom. The largest absolute Gasteiger partial charge is 0.478 e. The van der Waals surface area contributed by atoms with Crippen LogP contribution >= 0.6 is 0 Å². The number of nitrogens with one attached hydrogen (secondary N) is 1. The molecule has 0 unspecified atom stereocenters. The van der Waals surface area contributed by atoms with Gasteiger partial charge in [0.25, 0.3) is 0 Å². The molecular formula is C12H11N3O4. The monoisotopic (exact) mass is 261 g/mol. The van der Waals surface area contributed by atoms with Gasteiger partial charge in [-0.15, -0.1) is 0 Å². The zero-order chi connectivity index (χ0) is 14.0. The highest BCUT2D eigenvalue weighted by Crippen LogP contribution is 2.20. The lowest BCUT2D eigenvalue weighted by Gasteiger charge is -2.07. The molecule has 7 heteroatoms. The molecule has 0 saturated heterocycles. The summed E-state index contributed by atoms with van der Waals surface area (Å²) in [5.41, 5.74) is 0.696. The number of carbonyl (C=O) groups is 1. The average molecular weight is 261 g/mol. The van der Waals surface area contributed by atoms with Crippen LogP contribution in [-0.4, -0.2) is 26.3 Å². The van der Waals surface area contributed by atoms with Gasteiger partial charge >= 0.3 is 11.5 Å². The van der Waals surface area contributed by atoms with E-state index in [1.807, 2.05) is 0 Å². The molecular weight excluding hydrogens is 250 g/mol. The van der Waals surface area contributed by atoms with Gasteiger partial charge in [-0.05, 0) is 19.9 Å². The zero-order valence-corrected chi connectivity index (χ0v) is 10.3. The van der Waals surface area contributed by atoms with Gasteiger partial charge in [-0.25, -0.2) is 14.9 Å². The number of hydrogen-bond donors (Lipinski definition) is 2. The van der Waals surface area contributed by atoms with Crippen LogP contribution in [0.2, 0.25) is 0 Å². The second-order valence-electron chi connectivity index (χ2n) is 3.96. The van der Waals surface area contributed by atoms with Crippen molar-refractivity contribution in [1.82, 2.24) is 15.2 Å². The van der Waals surface area contributed by atoms with E-state index in [1.165, 1.54) is 18.3 Å². The number of H-pyrrole nitrogens is 1. The number of nitrogens with zero attached hydrogens (tertiary/aromatic N) is 2. The van der Waals surface area contributed by atoms with Gasteiger partial charge in [-0.3, -0.25) is 4.79 Å². The Labute approximate surface area is 107 Å². The van der Waals surface area contributed by atoms with Crippen molar-refractivity contribution in [2.24, 2.45) is 0 Å². The molecule has 0 aliphatic rings. The topological polar surface area (TPSA) is 105 Å². The van der Waals surface area contributed by atoms with Gasteiger partial charge in [0.15, 0.2) is 5.75 Å². The SMILES string of the molecule is Cc1cc(Oc2ncc(C(=O)O)cc2C)c(=O)[nH]n1. The van der Waals surface area contributed by atoms with Crippen molar-refractivity contribution in [3.63, 3.8) is 0 Å². The van der Waals surface area contributed by atoms with Crippen LogP contribution in [0.5, 0.6) is 11.6 Å². The van der Waals surface area contributed by atoms with Crippen molar-refractivity contribution in [2.45, 2.75) is 13.8 Å². The highest BCUT2D eigenvalue weighted by molar-refractivity contribution is 5.87. The van der Waals surface area contributed by atoms with Crippen LogP contribution in [0.4, 0.5) is 0 Å². The fourth-order valence-electron chi connectivity index (χ4n) is 1.45. The second kappa shape index (κ2) is 4.89. The van der Waals surface area contributed by atoms with Crippen molar-refractivity contribution in [1.29, 1.82) is 0 Å². The molecule has 2 heterocycles. The summed E-state index contributed by atoms with van der Waals surface area (Å²) in [4.78, 5) is 26.2. The Balaban J connectivity index is 2.36. The molecule has 0 saturated carbocycles. The number of pyridine rings is 1. The van der Waals surface area contributed by atoms with E-state index < -0.39 is 11.5 Å². The third kappa shape index (κ3) is 2.76. The smallest absolute Gasteiger partial charge is 0.337 e. The minimum Gasteiger partial charge on any atom is -0.478 e. The number of rotatable bonds is 3. The van der Waals surface area contributed by atoms with Gasteiger partial charge in [0.05, 0.1) is 11.3 Å². The number of carboxylic acid groups (broad SMARTS) is 1. The quantitative estimate of drug-likeness (QED) is 0.862. The third-order valence-electron chi connectivity index (χ3n) is 2.38. The fourth-order valence-corrected chi connectivity index (χ4v) is 1.45. The Morgan fingerprint density at radius 1 is 1.37 bits per heavy atom. The predicted octanol–water partition coefficient (Wildman–Crippen LogP) is 1.27. The van der Waals surface area contributed by atoms with E-state index in [-0.39, 0.29) is 17.2 Å². The molecule has 98 valence electrons. The van der Waals surface area contributed by atoms with E-state index in [9.17, 15) is 9.59 Å². The lowest BCUT2D eigenvalue weighted by molar-refractivity contribution is 0.0696. The molecule has 19 heavy (non-hydrogen) atoms. The van der Waals surface area contributed by atoms with E-state index in [1.54, 1.807) is 13.8 Å². The van der Waals surface area contributed by atoms with Crippen molar-refractivity contribution < 1.29 is 14.6 Å². The Bertz CT molecular complexity index is 694. The molecule has 0 aromatic carbocycles. The van der Waals surface area contributed by atoms with Gasteiger partial charge < -0.3 is 9.84 Å². The fraction of sp³-hybridized carbons (Fsp3) is 0.167. The van der Waals surface area contributed by atoms with Gasteiger partial charge in [-0.1, -0.05) is 0 Å². The van der Waals surface area contributed by atoms with Crippen molar-refractivity contribution in [3.05, 3.63) is 45.5 Å². The van der Waals surface area contributed by atoms with Gasteiger partial charge in [0.2, 0.25) is 5.88 Å². The molecule has 2 rings (SSSR count). The Morgan fingerprint density at radius 2 is 2.11 bits per heavy atom. The minimum absolute atomic E-state index is 0.0599. The Kier molecular flexibility index (Phi) is 3.28. The van der Waals surface area contributed by atoms with Crippen LogP contribution in [0.15, 0.2) is 23.1 Å². The molecule has 7 nitrogen and oxygen atoms in total. The molecule has 0 fully saturated rings.